The van der Waals surface area contributed by atoms with Crippen molar-refractivity contribution in [3.05, 3.63) is 47.5 Å². The molecule has 0 bridgehead atoms. The highest BCUT2D eigenvalue weighted by Gasteiger charge is 2.10. The van der Waals surface area contributed by atoms with Crippen molar-refractivity contribution in [2.75, 3.05) is 0 Å². The zero-order chi connectivity index (χ0) is 19.1. The lowest BCUT2D eigenvalue weighted by molar-refractivity contribution is 0.466. The molecule has 0 saturated carbocycles. The van der Waals surface area contributed by atoms with Gasteiger partial charge in [0.05, 0.1) is 0 Å². The summed E-state index contributed by atoms with van der Waals surface area (Å²) < 4.78 is 0. The summed E-state index contributed by atoms with van der Waals surface area (Å²) in [5.74, 6) is 0.242. The first-order valence-electron chi connectivity index (χ1n) is 10.4. The smallest absolute Gasteiger partial charge is 0.143 e. The highest BCUT2D eigenvalue weighted by Crippen LogP contribution is 2.24. The summed E-state index contributed by atoms with van der Waals surface area (Å²) in [5.41, 5.74) is 4.76. The average Bonchev–Trinajstić information content (AvgIpc) is 3.10. The lowest BCUT2D eigenvalue weighted by Crippen LogP contribution is -1.99. The number of aromatic nitrogens is 3. The van der Waals surface area contributed by atoms with Crippen LogP contribution in [0, 0.1) is 0 Å². The van der Waals surface area contributed by atoms with Gasteiger partial charge in [-0.3, -0.25) is 0 Å². The molecule has 4 nitrogen and oxygen atoms in total. The molecule has 1 aromatic heterocycles. The molecule has 0 aliphatic heterocycles. The van der Waals surface area contributed by atoms with E-state index in [4.69, 9.17) is 0 Å². The molecule has 2 aromatic carbocycles. The van der Waals surface area contributed by atoms with Crippen LogP contribution in [-0.2, 0) is 12.8 Å². The molecule has 3 rings (SSSR count). The first kappa shape index (κ1) is 19.4. The third kappa shape index (κ3) is 5.09. The Kier molecular flexibility index (Phi) is 6.86. The van der Waals surface area contributed by atoms with Crippen molar-refractivity contribution in [1.82, 2.24) is 15.0 Å². The van der Waals surface area contributed by atoms with E-state index in [1.54, 1.807) is 0 Å². The van der Waals surface area contributed by atoms with Crippen LogP contribution < -0.4 is 0 Å². The predicted molar refractivity (Wildman–Crippen MR) is 112 cm³/mol. The molecule has 0 saturated heterocycles. The Morgan fingerprint density at radius 3 is 2.22 bits per heavy atom. The van der Waals surface area contributed by atoms with Crippen LogP contribution in [0.3, 0.4) is 0 Å². The Morgan fingerprint density at radius 2 is 1.48 bits per heavy atom. The van der Waals surface area contributed by atoms with Gasteiger partial charge in [0.1, 0.15) is 22.5 Å². The van der Waals surface area contributed by atoms with E-state index in [2.05, 4.69) is 42.2 Å². The molecule has 144 valence electrons. The molecule has 0 amide bonds. The lowest BCUT2D eigenvalue weighted by atomic mass is 10.0. The van der Waals surface area contributed by atoms with Crippen LogP contribution in [0.1, 0.15) is 69.9 Å². The summed E-state index contributed by atoms with van der Waals surface area (Å²) in [6.45, 7) is 4.38. The summed E-state index contributed by atoms with van der Waals surface area (Å²) in [6.07, 6.45) is 11.1. The van der Waals surface area contributed by atoms with E-state index in [1.807, 2.05) is 18.2 Å². The van der Waals surface area contributed by atoms with Crippen LogP contribution in [-0.4, -0.2) is 20.1 Å². The Hall–Kier alpha value is -2.36. The van der Waals surface area contributed by atoms with E-state index in [0.717, 1.165) is 23.9 Å². The summed E-state index contributed by atoms with van der Waals surface area (Å²) in [7, 11) is 0. The number of aryl methyl sites for hydroxylation is 2. The lowest BCUT2D eigenvalue weighted by Gasteiger charge is -2.07. The topological polar surface area (TPSA) is 50.9 Å². The SMILES string of the molecule is CCCCCCCCCc1ccc(-n2nc3ccc(CC)cc3n2)c(O)c1. The molecular weight excluding hydrogens is 334 g/mol. The number of hydrogen-bond acceptors (Lipinski definition) is 3. The minimum Gasteiger partial charge on any atom is -0.506 e. The molecule has 0 atom stereocenters. The zero-order valence-corrected chi connectivity index (χ0v) is 16.6. The largest absolute Gasteiger partial charge is 0.506 e. The Labute approximate surface area is 162 Å². The number of unbranched alkanes of at least 4 members (excludes halogenated alkanes) is 6. The van der Waals surface area contributed by atoms with Gasteiger partial charge in [0.2, 0.25) is 0 Å². The first-order chi connectivity index (χ1) is 13.2. The van der Waals surface area contributed by atoms with E-state index < -0.39 is 0 Å². The van der Waals surface area contributed by atoms with Crippen molar-refractivity contribution >= 4 is 11.0 Å². The van der Waals surface area contributed by atoms with E-state index in [-0.39, 0.29) is 5.75 Å². The van der Waals surface area contributed by atoms with Crippen molar-refractivity contribution in [3.8, 4) is 11.4 Å². The number of benzene rings is 2. The molecule has 0 spiro atoms. The van der Waals surface area contributed by atoms with Gasteiger partial charge in [0.15, 0.2) is 0 Å². The second-order valence-corrected chi connectivity index (χ2v) is 7.36. The predicted octanol–water partition coefficient (Wildman–Crippen LogP) is 5.98. The van der Waals surface area contributed by atoms with E-state index >= 15 is 0 Å². The maximum absolute atomic E-state index is 10.5. The van der Waals surface area contributed by atoms with Gasteiger partial charge in [-0.2, -0.15) is 0 Å². The molecular formula is C23H31N3O. The number of aromatic hydroxyl groups is 1. The van der Waals surface area contributed by atoms with Crippen LogP contribution in [0.25, 0.3) is 16.7 Å². The number of phenols is 1. The van der Waals surface area contributed by atoms with Crippen molar-refractivity contribution in [2.45, 2.75) is 71.6 Å². The fourth-order valence-electron chi connectivity index (χ4n) is 3.47. The first-order valence-corrected chi connectivity index (χ1v) is 10.4. The van der Waals surface area contributed by atoms with Crippen molar-refractivity contribution in [2.24, 2.45) is 0 Å². The summed E-state index contributed by atoms with van der Waals surface area (Å²) in [6, 6.07) is 12.0. The average molecular weight is 366 g/mol. The molecule has 0 fully saturated rings. The molecule has 3 aromatic rings. The normalized spacial score (nSPS) is 11.3. The monoisotopic (exact) mass is 365 g/mol. The van der Waals surface area contributed by atoms with Crippen molar-refractivity contribution in [1.29, 1.82) is 0 Å². The Morgan fingerprint density at radius 1 is 0.778 bits per heavy atom. The molecule has 27 heavy (non-hydrogen) atoms. The fraction of sp³-hybridized carbons (Fsp3) is 0.478. The van der Waals surface area contributed by atoms with Crippen LogP contribution in [0.4, 0.5) is 0 Å². The Balaban J connectivity index is 1.61. The quantitative estimate of drug-likeness (QED) is 0.450. The minimum absolute atomic E-state index is 0.242. The van der Waals surface area contributed by atoms with Gasteiger partial charge in [-0.1, -0.05) is 64.5 Å². The molecule has 4 heteroatoms. The van der Waals surface area contributed by atoms with Gasteiger partial charge in [0, 0.05) is 0 Å². The minimum atomic E-state index is 0.242. The fourth-order valence-corrected chi connectivity index (χ4v) is 3.47. The van der Waals surface area contributed by atoms with Crippen LogP contribution in [0.5, 0.6) is 5.75 Å². The molecule has 0 aliphatic rings. The van der Waals surface area contributed by atoms with E-state index in [9.17, 15) is 5.11 Å². The molecule has 0 radical (unpaired) electrons. The number of rotatable bonds is 10. The standard InChI is InChI=1S/C23H31N3O/c1-3-5-6-7-8-9-10-11-19-13-15-22(23(27)17-19)26-24-20-14-12-18(4-2)16-21(20)25-26/h12-17,27H,3-11H2,1-2H3. The molecule has 0 aliphatic carbocycles. The van der Waals surface area contributed by atoms with Gasteiger partial charge in [-0.25, -0.2) is 0 Å². The second-order valence-electron chi connectivity index (χ2n) is 7.36. The van der Waals surface area contributed by atoms with E-state index in [1.165, 1.54) is 60.9 Å². The highest BCUT2D eigenvalue weighted by molar-refractivity contribution is 5.74. The van der Waals surface area contributed by atoms with Crippen LogP contribution in [0.15, 0.2) is 36.4 Å². The van der Waals surface area contributed by atoms with Gasteiger partial charge < -0.3 is 5.11 Å². The second kappa shape index (κ2) is 9.54. The summed E-state index contributed by atoms with van der Waals surface area (Å²) in [5, 5.41) is 19.5. The van der Waals surface area contributed by atoms with Gasteiger partial charge in [-0.05, 0) is 54.7 Å². The highest BCUT2D eigenvalue weighted by atomic mass is 16.3. The van der Waals surface area contributed by atoms with Crippen LogP contribution >= 0.6 is 0 Å². The van der Waals surface area contributed by atoms with Gasteiger partial charge >= 0.3 is 0 Å². The molecule has 0 unspecified atom stereocenters. The third-order valence-corrected chi connectivity index (χ3v) is 5.18. The van der Waals surface area contributed by atoms with Gasteiger partial charge in [0.25, 0.3) is 0 Å². The zero-order valence-electron chi connectivity index (χ0n) is 16.6. The van der Waals surface area contributed by atoms with Crippen LogP contribution in [0.2, 0.25) is 0 Å². The number of phenolic OH excluding ortho intramolecular Hbond substituents is 1. The number of hydrogen-bond donors (Lipinski definition) is 1. The number of fused-ring (bicyclic) bond motifs is 1. The van der Waals surface area contributed by atoms with Crippen molar-refractivity contribution in [3.63, 3.8) is 0 Å². The van der Waals surface area contributed by atoms with Crippen molar-refractivity contribution < 1.29 is 5.11 Å². The maximum Gasteiger partial charge on any atom is 0.143 e. The third-order valence-electron chi connectivity index (χ3n) is 5.18. The number of nitrogens with zero attached hydrogens (tertiary/aromatic N) is 3. The molecule has 1 heterocycles. The van der Waals surface area contributed by atoms with Gasteiger partial charge in [-0.15, -0.1) is 15.0 Å². The summed E-state index contributed by atoms with van der Waals surface area (Å²) >= 11 is 0. The van der Waals surface area contributed by atoms with E-state index in [0.29, 0.717) is 5.69 Å². The maximum atomic E-state index is 10.5. The Bertz CT molecular complexity index is 869. The summed E-state index contributed by atoms with van der Waals surface area (Å²) in [4.78, 5) is 1.54. The molecule has 1 N–H and O–H groups in total.